The van der Waals surface area contributed by atoms with Gasteiger partial charge in [-0.2, -0.15) is 0 Å². The molecule has 76 valence electrons. The van der Waals surface area contributed by atoms with Crippen molar-refractivity contribution in [3.63, 3.8) is 0 Å². The lowest BCUT2D eigenvalue weighted by atomic mass is 9.90. The lowest BCUT2D eigenvalue weighted by molar-refractivity contribution is 0.681. The topological polar surface area (TPSA) is 4.93 Å². The van der Waals surface area contributed by atoms with E-state index >= 15 is 0 Å². The summed E-state index contributed by atoms with van der Waals surface area (Å²) in [4.78, 5) is 0. The Labute approximate surface area is 90.4 Å². The van der Waals surface area contributed by atoms with Crippen molar-refractivity contribution in [1.82, 2.24) is 4.57 Å². The highest BCUT2D eigenvalue weighted by molar-refractivity contribution is 5.47. The van der Waals surface area contributed by atoms with Gasteiger partial charge in [-0.1, -0.05) is 12.1 Å². The predicted molar refractivity (Wildman–Crippen MR) is 62.4 cm³/mol. The van der Waals surface area contributed by atoms with Crippen molar-refractivity contribution in [1.29, 1.82) is 0 Å². The zero-order valence-electron chi connectivity index (χ0n) is 8.82. The van der Waals surface area contributed by atoms with Crippen molar-refractivity contribution in [2.75, 3.05) is 0 Å². The Balaban J connectivity index is 2.15. The first-order chi connectivity index (χ1) is 7.45. The van der Waals surface area contributed by atoms with Crippen molar-refractivity contribution in [3.05, 3.63) is 53.9 Å². The normalized spacial score (nSPS) is 14.9. The Hall–Kier alpha value is -1.50. The van der Waals surface area contributed by atoms with Crippen LogP contribution in [0.15, 0.2) is 42.7 Å². The molecule has 0 spiro atoms. The molecule has 1 aromatic heterocycles. The fourth-order valence-corrected chi connectivity index (χ4v) is 2.50. The van der Waals surface area contributed by atoms with Gasteiger partial charge in [-0.05, 0) is 55.0 Å². The second-order valence-electron chi connectivity index (χ2n) is 4.21. The van der Waals surface area contributed by atoms with Gasteiger partial charge >= 0.3 is 0 Å². The molecule has 0 bridgehead atoms. The van der Waals surface area contributed by atoms with Crippen LogP contribution < -0.4 is 0 Å². The fourth-order valence-electron chi connectivity index (χ4n) is 2.50. The van der Waals surface area contributed by atoms with E-state index in [2.05, 4.69) is 47.3 Å². The van der Waals surface area contributed by atoms with Crippen molar-refractivity contribution in [2.24, 2.45) is 0 Å². The van der Waals surface area contributed by atoms with E-state index in [1.165, 1.54) is 31.4 Å². The second-order valence-corrected chi connectivity index (χ2v) is 4.21. The molecule has 0 radical (unpaired) electrons. The zero-order valence-corrected chi connectivity index (χ0v) is 8.82. The maximum Gasteiger partial charge on any atom is 0.0484 e. The summed E-state index contributed by atoms with van der Waals surface area (Å²) in [6.07, 6.45) is 9.44. The number of hydrogen-bond donors (Lipinski definition) is 0. The molecule has 1 aliphatic carbocycles. The van der Waals surface area contributed by atoms with Crippen LogP contribution in [0.25, 0.3) is 5.69 Å². The third-order valence-corrected chi connectivity index (χ3v) is 3.25. The summed E-state index contributed by atoms with van der Waals surface area (Å²) >= 11 is 0. The van der Waals surface area contributed by atoms with E-state index in [1.807, 2.05) is 0 Å². The standard InChI is InChI=1S/C14H15N/c1-2-8-13-12(6-1)7-5-9-14(13)15-10-3-4-11-15/h3-5,7,9-11H,1-2,6,8H2. The van der Waals surface area contributed by atoms with Crippen LogP contribution in [0.3, 0.4) is 0 Å². The summed E-state index contributed by atoms with van der Waals surface area (Å²) in [5, 5.41) is 0. The molecule has 0 aliphatic heterocycles. The van der Waals surface area contributed by atoms with Gasteiger partial charge in [-0.25, -0.2) is 0 Å². The number of fused-ring (bicyclic) bond motifs is 1. The zero-order chi connectivity index (χ0) is 10.1. The van der Waals surface area contributed by atoms with Gasteiger partial charge in [0.25, 0.3) is 0 Å². The van der Waals surface area contributed by atoms with E-state index in [1.54, 1.807) is 11.1 Å². The third kappa shape index (κ3) is 1.48. The molecular formula is C14H15N. The van der Waals surface area contributed by atoms with Gasteiger partial charge in [-0.3, -0.25) is 0 Å². The number of rotatable bonds is 1. The quantitative estimate of drug-likeness (QED) is 0.660. The van der Waals surface area contributed by atoms with Crippen molar-refractivity contribution < 1.29 is 0 Å². The van der Waals surface area contributed by atoms with Gasteiger partial charge in [0.15, 0.2) is 0 Å². The molecular weight excluding hydrogens is 182 g/mol. The fraction of sp³-hybridized carbons (Fsp3) is 0.286. The Morgan fingerprint density at radius 1 is 0.867 bits per heavy atom. The summed E-state index contributed by atoms with van der Waals surface area (Å²) in [6, 6.07) is 10.9. The van der Waals surface area contributed by atoms with Crippen LogP contribution in [0.4, 0.5) is 0 Å². The highest BCUT2D eigenvalue weighted by Gasteiger charge is 2.12. The van der Waals surface area contributed by atoms with Crippen molar-refractivity contribution in [2.45, 2.75) is 25.7 Å². The van der Waals surface area contributed by atoms with Crippen molar-refractivity contribution in [3.8, 4) is 5.69 Å². The van der Waals surface area contributed by atoms with Gasteiger partial charge in [0.2, 0.25) is 0 Å². The van der Waals surface area contributed by atoms with Crippen LogP contribution in [0.5, 0.6) is 0 Å². The van der Waals surface area contributed by atoms with E-state index in [0.717, 1.165) is 0 Å². The number of hydrogen-bond acceptors (Lipinski definition) is 0. The second kappa shape index (κ2) is 3.58. The van der Waals surface area contributed by atoms with E-state index in [-0.39, 0.29) is 0 Å². The molecule has 1 heterocycles. The van der Waals surface area contributed by atoms with Crippen LogP contribution in [-0.2, 0) is 12.8 Å². The molecule has 0 amide bonds. The number of benzene rings is 1. The minimum Gasteiger partial charge on any atom is -0.324 e. The molecule has 1 nitrogen and oxygen atoms in total. The molecule has 3 rings (SSSR count). The molecule has 1 heteroatoms. The van der Waals surface area contributed by atoms with Crippen LogP contribution in [0, 0.1) is 0 Å². The number of aryl methyl sites for hydroxylation is 1. The van der Waals surface area contributed by atoms with Gasteiger partial charge in [0, 0.05) is 18.1 Å². The number of nitrogens with zero attached hydrogens (tertiary/aromatic N) is 1. The first-order valence-electron chi connectivity index (χ1n) is 5.69. The van der Waals surface area contributed by atoms with Gasteiger partial charge < -0.3 is 4.57 Å². The Morgan fingerprint density at radius 3 is 2.53 bits per heavy atom. The lowest BCUT2D eigenvalue weighted by Crippen LogP contribution is -2.07. The van der Waals surface area contributed by atoms with Crippen LogP contribution >= 0.6 is 0 Å². The SMILES string of the molecule is c1cc2c(c(-n3cccc3)c1)CCCC2. The minimum atomic E-state index is 1.24. The van der Waals surface area contributed by atoms with E-state index < -0.39 is 0 Å². The molecule has 0 unspecified atom stereocenters. The Bertz CT molecular complexity index is 454. The monoisotopic (exact) mass is 197 g/mol. The van der Waals surface area contributed by atoms with Crippen LogP contribution in [0.2, 0.25) is 0 Å². The molecule has 0 atom stereocenters. The summed E-state index contributed by atoms with van der Waals surface area (Å²) in [7, 11) is 0. The molecule has 2 aromatic rings. The highest BCUT2D eigenvalue weighted by Crippen LogP contribution is 2.26. The minimum absolute atomic E-state index is 1.24. The van der Waals surface area contributed by atoms with Crippen LogP contribution in [-0.4, -0.2) is 4.57 Å². The lowest BCUT2D eigenvalue weighted by Gasteiger charge is -2.19. The third-order valence-electron chi connectivity index (χ3n) is 3.25. The van der Waals surface area contributed by atoms with Crippen molar-refractivity contribution >= 4 is 0 Å². The van der Waals surface area contributed by atoms with E-state index in [0.29, 0.717) is 0 Å². The largest absolute Gasteiger partial charge is 0.324 e. The highest BCUT2D eigenvalue weighted by atomic mass is 14.9. The molecule has 1 aromatic carbocycles. The number of aromatic nitrogens is 1. The molecule has 0 saturated heterocycles. The maximum atomic E-state index is 2.28. The molecule has 1 aliphatic rings. The van der Waals surface area contributed by atoms with Gasteiger partial charge in [-0.15, -0.1) is 0 Å². The predicted octanol–water partition coefficient (Wildman–Crippen LogP) is 3.36. The summed E-state index contributed by atoms with van der Waals surface area (Å²) in [6.45, 7) is 0. The first kappa shape index (κ1) is 8.78. The maximum absolute atomic E-state index is 2.28. The molecule has 0 fully saturated rings. The average Bonchev–Trinajstić information content (AvgIpc) is 2.82. The van der Waals surface area contributed by atoms with E-state index in [9.17, 15) is 0 Å². The molecule has 0 saturated carbocycles. The summed E-state index contributed by atoms with van der Waals surface area (Å²) < 4.78 is 2.23. The first-order valence-corrected chi connectivity index (χ1v) is 5.69. The van der Waals surface area contributed by atoms with Gasteiger partial charge in [0.05, 0.1) is 0 Å². The van der Waals surface area contributed by atoms with Crippen LogP contribution in [0.1, 0.15) is 24.0 Å². The molecule has 0 N–H and O–H groups in total. The molecule has 15 heavy (non-hydrogen) atoms. The Morgan fingerprint density at radius 2 is 1.67 bits per heavy atom. The summed E-state index contributed by atoms with van der Waals surface area (Å²) in [5.41, 5.74) is 4.48. The smallest absolute Gasteiger partial charge is 0.0484 e. The average molecular weight is 197 g/mol. The Kier molecular flexibility index (Phi) is 2.09. The van der Waals surface area contributed by atoms with E-state index in [4.69, 9.17) is 0 Å². The summed E-state index contributed by atoms with van der Waals surface area (Å²) in [5.74, 6) is 0. The van der Waals surface area contributed by atoms with Gasteiger partial charge in [0.1, 0.15) is 0 Å².